The van der Waals surface area contributed by atoms with Crippen LogP contribution in [0.15, 0.2) is 42.7 Å². The summed E-state index contributed by atoms with van der Waals surface area (Å²) in [7, 11) is 1.84. The highest BCUT2D eigenvalue weighted by atomic mass is 19.4. The van der Waals surface area contributed by atoms with Gasteiger partial charge in [0.1, 0.15) is 17.9 Å². The number of hydrogen-bond donors (Lipinski definition) is 3. The summed E-state index contributed by atoms with van der Waals surface area (Å²) in [5.41, 5.74) is 5.99. The third-order valence-electron chi connectivity index (χ3n) is 4.56. The van der Waals surface area contributed by atoms with E-state index >= 15 is 0 Å². The topological polar surface area (TPSA) is 102 Å². The maximum absolute atomic E-state index is 12.7. The molecule has 4 N–H and O–H groups in total. The number of halogens is 3. The first kappa shape index (κ1) is 22.3. The predicted octanol–water partition coefficient (Wildman–Crippen LogP) is 3.35. The fourth-order valence-corrected chi connectivity index (χ4v) is 2.99. The van der Waals surface area contributed by atoms with E-state index in [2.05, 4.69) is 20.6 Å². The first-order valence-electron chi connectivity index (χ1n) is 9.55. The van der Waals surface area contributed by atoms with Gasteiger partial charge in [-0.15, -0.1) is 0 Å². The summed E-state index contributed by atoms with van der Waals surface area (Å²) < 4.78 is 43.9. The van der Waals surface area contributed by atoms with E-state index in [9.17, 15) is 18.0 Å². The highest BCUT2D eigenvalue weighted by molar-refractivity contribution is 6.07. The van der Waals surface area contributed by atoms with Gasteiger partial charge in [-0.3, -0.25) is 4.79 Å². The molecule has 0 unspecified atom stereocenters. The second kappa shape index (κ2) is 9.61. The number of aromatic nitrogens is 2. The fourth-order valence-electron chi connectivity index (χ4n) is 2.99. The molecule has 0 radical (unpaired) electrons. The Labute approximate surface area is 176 Å². The number of carbonyl (C=O) groups excluding carboxylic acids is 1. The van der Waals surface area contributed by atoms with Crippen LogP contribution in [0, 0.1) is 0 Å². The zero-order chi connectivity index (χ0) is 22.4. The van der Waals surface area contributed by atoms with Crippen molar-refractivity contribution in [3.05, 3.63) is 59.4 Å². The van der Waals surface area contributed by atoms with Gasteiger partial charge in [0.05, 0.1) is 23.3 Å². The van der Waals surface area contributed by atoms with Crippen LogP contribution in [-0.4, -0.2) is 36.1 Å². The fraction of sp³-hybridized carbons (Fsp3) is 0.286. The Kier molecular flexibility index (Phi) is 6.91. The first-order valence-corrected chi connectivity index (χ1v) is 9.55. The summed E-state index contributed by atoms with van der Waals surface area (Å²) in [6.45, 7) is 1.44. The maximum atomic E-state index is 12.7. The average molecular weight is 433 g/mol. The van der Waals surface area contributed by atoms with Crippen molar-refractivity contribution >= 4 is 22.6 Å². The van der Waals surface area contributed by atoms with E-state index in [0.717, 1.165) is 25.1 Å². The lowest BCUT2D eigenvalue weighted by atomic mass is 10.1. The zero-order valence-electron chi connectivity index (χ0n) is 16.8. The third kappa shape index (κ3) is 5.60. The molecule has 0 spiro atoms. The maximum Gasteiger partial charge on any atom is 0.416 e. The van der Waals surface area contributed by atoms with Gasteiger partial charge in [-0.2, -0.15) is 13.2 Å². The van der Waals surface area contributed by atoms with Crippen LogP contribution in [-0.2, 0) is 12.7 Å². The quantitative estimate of drug-likeness (QED) is 0.448. The molecule has 0 saturated carbocycles. The summed E-state index contributed by atoms with van der Waals surface area (Å²) >= 11 is 0. The predicted molar refractivity (Wildman–Crippen MR) is 111 cm³/mol. The number of benzene rings is 2. The number of hydrogen-bond acceptors (Lipinski definition) is 6. The van der Waals surface area contributed by atoms with Gasteiger partial charge in [-0.25, -0.2) is 9.97 Å². The van der Waals surface area contributed by atoms with Crippen molar-refractivity contribution in [3.63, 3.8) is 0 Å². The van der Waals surface area contributed by atoms with Crippen LogP contribution in [0.1, 0.15) is 27.9 Å². The number of fused-ring (bicyclic) bond motifs is 1. The van der Waals surface area contributed by atoms with Gasteiger partial charge in [-0.05, 0) is 49.8 Å². The molecular formula is C21H22F3N5O2. The van der Waals surface area contributed by atoms with Crippen molar-refractivity contribution in [2.45, 2.75) is 19.1 Å². The van der Waals surface area contributed by atoms with Crippen LogP contribution < -0.4 is 21.1 Å². The van der Waals surface area contributed by atoms with Crippen LogP contribution in [0.4, 0.5) is 19.0 Å². The van der Waals surface area contributed by atoms with Gasteiger partial charge in [0.2, 0.25) is 0 Å². The Morgan fingerprint density at radius 2 is 1.90 bits per heavy atom. The molecule has 10 heteroatoms. The Morgan fingerprint density at radius 3 is 2.55 bits per heavy atom. The molecule has 0 saturated heterocycles. The molecule has 0 atom stereocenters. The number of rotatable bonds is 9. The number of nitrogens with zero attached hydrogens (tertiary/aromatic N) is 2. The lowest BCUT2D eigenvalue weighted by Gasteiger charge is -2.13. The highest BCUT2D eigenvalue weighted by Gasteiger charge is 2.29. The minimum absolute atomic E-state index is 0.195. The lowest BCUT2D eigenvalue weighted by Crippen LogP contribution is -2.14. The molecule has 0 bridgehead atoms. The van der Waals surface area contributed by atoms with Crippen LogP contribution in [0.25, 0.3) is 10.9 Å². The Bertz CT molecular complexity index is 1060. The molecule has 3 aromatic rings. The number of carbonyl (C=O) groups is 1. The molecule has 1 aromatic heterocycles. The second-order valence-corrected chi connectivity index (χ2v) is 6.81. The van der Waals surface area contributed by atoms with Gasteiger partial charge in [0.25, 0.3) is 5.91 Å². The first-order chi connectivity index (χ1) is 14.8. The molecule has 31 heavy (non-hydrogen) atoms. The van der Waals surface area contributed by atoms with E-state index in [1.54, 1.807) is 6.07 Å². The van der Waals surface area contributed by atoms with Crippen LogP contribution in [0.3, 0.4) is 0 Å². The molecular weight excluding hydrogens is 411 g/mol. The van der Waals surface area contributed by atoms with Gasteiger partial charge in [0.15, 0.2) is 0 Å². The summed E-state index contributed by atoms with van der Waals surface area (Å²) in [4.78, 5) is 20.3. The van der Waals surface area contributed by atoms with Crippen molar-refractivity contribution in [2.24, 2.45) is 5.73 Å². The summed E-state index contributed by atoms with van der Waals surface area (Å²) in [6.07, 6.45) is -2.33. The normalized spacial score (nSPS) is 11.5. The molecule has 1 amide bonds. The van der Waals surface area contributed by atoms with Crippen LogP contribution in [0.2, 0.25) is 0 Å². The zero-order valence-corrected chi connectivity index (χ0v) is 16.8. The number of ether oxygens (including phenoxy) is 1. The van der Waals surface area contributed by atoms with Crippen LogP contribution in [0.5, 0.6) is 5.75 Å². The van der Waals surface area contributed by atoms with Gasteiger partial charge >= 0.3 is 6.18 Å². The van der Waals surface area contributed by atoms with Crippen molar-refractivity contribution < 1.29 is 22.7 Å². The van der Waals surface area contributed by atoms with Gasteiger partial charge < -0.3 is 21.1 Å². The molecule has 0 aliphatic rings. The lowest BCUT2D eigenvalue weighted by molar-refractivity contribution is -0.137. The third-order valence-corrected chi connectivity index (χ3v) is 4.56. The number of amides is 1. The number of nitrogens with one attached hydrogen (secondary N) is 2. The van der Waals surface area contributed by atoms with E-state index in [1.165, 1.54) is 24.5 Å². The minimum atomic E-state index is -4.39. The summed E-state index contributed by atoms with van der Waals surface area (Å²) in [5.74, 6) is 0.205. The molecule has 1 heterocycles. The molecule has 7 nitrogen and oxygen atoms in total. The van der Waals surface area contributed by atoms with Crippen molar-refractivity contribution in [3.8, 4) is 5.75 Å². The SMILES string of the molecule is CNCCCOc1cc(C(N)=O)c2ncnc(NCc3ccc(C(F)(F)F)cc3)c2c1. The summed E-state index contributed by atoms with van der Waals surface area (Å²) in [5, 5.41) is 6.62. The van der Waals surface area contributed by atoms with E-state index in [1.807, 2.05) is 7.05 Å². The minimum Gasteiger partial charge on any atom is -0.493 e. The molecule has 0 fully saturated rings. The van der Waals surface area contributed by atoms with Crippen LogP contribution >= 0.6 is 0 Å². The van der Waals surface area contributed by atoms with E-state index in [4.69, 9.17) is 10.5 Å². The summed E-state index contributed by atoms with van der Waals surface area (Å²) in [6, 6.07) is 8.08. The average Bonchev–Trinajstić information content (AvgIpc) is 2.74. The van der Waals surface area contributed by atoms with Gasteiger partial charge in [0, 0.05) is 11.9 Å². The molecule has 0 aliphatic heterocycles. The largest absolute Gasteiger partial charge is 0.493 e. The molecule has 2 aromatic carbocycles. The smallest absolute Gasteiger partial charge is 0.416 e. The van der Waals surface area contributed by atoms with Crippen molar-refractivity contribution in [2.75, 3.05) is 25.5 Å². The van der Waals surface area contributed by atoms with E-state index in [0.29, 0.717) is 34.6 Å². The van der Waals surface area contributed by atoms with E-state index in [-0.39, 0.29) is 12.1 Å². The number of alkyl halides is 3. The highest BCUT2D eigenvalue weighted by Crippen LogP contribution is 2.30. The van der Waals surface area contributed by atoms with Gasteiger partial charge in [-0.1, -0.05) is 12.1 Å². The van der Waals surface area contributed by atoms with Crippen molar-refractivity contribution in [1.82, 2.24) is 15.3 Å². The van der Waals surface area contributed by atoms with E-state index < -0.39 is 17.6 Å². The Hall–Kier alpha value is -3.40. The van der Waals surface area contributed by atoms with Crippen molar-refractivity contribution in [1.29, 1.82) is 0 Å². The Balaban J connectivity index is 1.85. The number of primary amides is 1. The second-order valence-electron chi connectivity index (χ2n) is 6.81. The Morgan fingerprint density at radius 1 is 1.16 bits per heavy atom. The molecule has 164 valence electrons. The monoisotopic (exact) mass is 433 g/mol. The number of nitrogens with two attached hydrogens (primary N) is 1. The standard InChI is InChI=1S/C21H22F3N5O2/c1-26-7-2-8-31-15-9-16(19(25)30)18-17(10-15)20(29-12-28-18)27-11-13-3-5-14(6-4-13)21(22,23)24/h3-6,9-10,12,26H,2,7-8,11H2,1H3,(H2,25,30)(H,27,28,29). The molecule has 3 rings (SSSR count). The molecule has 0 aliphatic carbocycles. The number of anilines is 1.